The van der Waals surface area contributed by atoms with Crippen LogP contribution in [0.3, 0.4) is 0 Å². The van der Waals surface area contributed by atoms with Crippen LogP contribution in [0.25, 0.3) is 5.57 Å². The molecular weight excluding hydrogens is 420 g/mol. The number of benzene rings is 1. The first kappa shape index (κ1) is 18.9. The summed E-state index contributed by atoms with van der Waals surface area (Å²) in [5, 5.41) is 7.00. The third-order valence-electron chi connectivity index (χ3n) is 4.82. The summed E-state index contributed by atoms with van der Waals surface area (Å²) >= 11 is 7.42. The summed E-state index contributed by atoms with van der Waals surface area (Å²) in [6, 6.07) is 6.72. The van der Waals surface area contributed by atoms with E-state index in [1.54, 1.807) is 7.11 Å². The Morgan fingerprint density at radius 2 is 2.09 bits per heavy atom. The van der Waals surface area contributed by atoms with Gasteiger partial charge in [-0.25, -0.2) is 0 Å². The van der Waals surface area contributed by atoms with Crippen molar-refractivity contribution in [1.82, 2.24) is 0 Å². The molecule has 1 N–H and O–H groups in total. The summed E-state index contributed by atoms with van der Waals surface area (Å²) in [5.74, 6) is 0. The van der Waals surface area contributed by atoms with Gasteiger partial charge in [-0.1, -0.05) is 57.0 Å². The van der Waals surface area contributed by atoms with E-state index in [1.807, 2.05) is 0 Å². The maximum Gasteiger partial charge on any atom is 0.0474 e. The van der Waals surface area contributed by atoms with Gasteiger partial charge < -0.3 is 9.84 Å². The van der Waals surface area contributed by atoms with Crippen molar-refractivity contribution in [2.45, 2.75) is 36.4 Å². The first-order valence-electron chi connectivity index (χ1n) is 7.93. The SMILES string of the molecule is CCC1(CCOC)C2=CC(Br)CC=C2c2ccc(Br)cc21.CO. The summed E-state index contributed by atoms with van der Waals surface area (Å²) in [6.07, 6.45) is 8.02. The van der Waals surface area contributed by atoms with Gasteiger partial charge in [0, 0.05) is 35.5 Å². The van der Waals surface area contributed by atoms with E-state index in [-0.39, 0.29) is 5.41 Å². The lowest BCUT2D eigenvalue weighted by atomic mass is 9.72. The number of fused-ring (bicyclic) bond motifs is 3. The molecule has 0 spiro atoms. The van der Waals surface area contributed by atoms with Gasteiger partial charge in [-0.2, -0.15) is 0 Å². The van der Waals surface area contributed by atoms with Crippen LogP contribution in [0.1, 0.15) is 37.3 Å². The Kier molecular flexibility index (Phi) is 6.66. The first-order chi connectivity index (χ1) is 11.1. The van der Waals surface area contributed by atoms with Crippen LogP contribution in [-0.2, 0) is 10.2 Å². The van der Waals surface area contributed by atoms with E-state index >= 15 is 0 Å². The topological polar surface area (TPSA) is 29.5 Å². The molecule has 0 radical (unpaired) electrons. The second kappa shape index (κ2) is 8.11. The maximum absolute atomic E-state index is 7.00. The Hall–Kier alpha value is -0.420. The van der Waals surface area contributed by atoms with E-state index in [4.69, 9.17) is 9.84 Å². The second-order valence-corrected chi connectivity index (χ2v) is 7.91. The van der Waals surface area contributed by atoms with Gasteiger partial charge in [0.05, 0.1) is 0 Å². The van der Waals surface area contributed by atoms with Crippen LogP contribution in [0.5, 0.6) is 0 Å². The third kappa shape index (κ3) is 3.37. The minimum atomic E-state index is 0.0907. The Morgan fingerprint density at radius 3 is 2.74 bits per heavy atom. The largest absolute Gasteiger partial charge is 0.400 e. The molecule has 23 heavy (non-hydrogen) atoms. The summed E-state index contributed by atoms with van der Waals surface area (Å²) in [5.41, 5.74) is 5.87. The fourth-order valence-corrected chi connectivity index (χ4v) is 4.56. The molecule has 0 amide bonds. The van der Waals surface area contributed by atoms with Crippen LogP contribution in [0, 0.1) is 0 Å². The van der Waals surface area contributed by atoms with Crippen LogP contribution in [0.15, 0.2) is 40.4 Å². The normalized spacial score (nSPS) is 24.9. The number of ether oxygens (including phenoxy) is 1. The summed E-state index contributed by atoms with van der Waals surface area (Å²) in [4.78, 5) is 0.447. The van der Waals surface area contributed by atoms with Gasteiger partial charge in [0.15, 0.2) is 0 Å². The fourth-order valence-electron chi connectivity index (χ4n) is 3.75. The maximum atomic E-state index is 7.00. The van der Waals surface area contributed by atoms with Gasteiger partial charge in [0.1, 0.15) is 0 Å². The van der Waals surface area contributed by atoms with Crippen LogP contribution >= 0.6 is 31.9 Å². The number of alkyl halides is 1. The Balaban J connectivity index is 0.000000924. The molecule has 0 heterocycles. The quantitative estimate of drug-likeness (QED) is 0.645. The van der Waals surface area contributed by atoms with Crippen molar-refractivity contribution in [2.24, 2.45) is 0 Å². The third-order valence-corrected chi connectivity index (χ3v) is 5.96. The highest BCUT2D eigenvalue weighted by Gasteiger charge is 2.44. The summed E-state index contributed by atoms with van der Waals surface area (Å²) < 4.78 is 6.57. The van der Waals surface area contributed by atoms with E-state index in [0.717, 1.165) is 37.5 Å². The monoisotopic (exact) mass is 442 g/mol. The standard InChI is InChI=1S/C18H20Br2O.CH4O/c1-3-18(8-9-21-2)16-10-12(19)4-6-14(16)15-7-5-13(20)11-17(15)18;1-2/h4,6-7,10-11,13H,3,5,8-9H2,1-2H3;2H,1H3. The van der Waals surface area contributed by atoms with E-state index < -0.39 is 0 Å². The number of hydrogen-bond acceptors (Lipinski definition) is 2. The lowest BCUT2D eigenvalue weighted by Gasteiger charge is -2.33. The molecule has 2 aliphatic rings. The highest BCUT2D eigenvalue weighted by molar-refractivity contribution is 9.10. The van der Waals surface area contributed by atoms with Crippen LogP contribution in [-0.4, -0.2) is 30.8 Å². The number of allylic oxidation sites excluding steroid dienone is 4. The van der Waals surface area contributed by atoms with Gasteiger partial charge in [-0.15, -0.1) is 0 Å². The second-order valence-electron chi connectivity index (χ2n) is 5.82. The molecule has 0 saturated heterocycles. The number of hydrogen-bond donors (Lipinski definition) is 1. The van der Waals surface area contributed by atoms with Gasteiger partial charge in [0.25, 0.3) is 0 Å². The van der Waals surface area contributed by atoms with Crippen molar-refractivity contribution in [1.29, 1.82) is 0 Å². The molecule has 4 heteroatoms. The Morgan fingerprint density at radius 1 is 1.35 bits per heavy atom. The van der Waals surface area contributed by atoms with Crippen molar-refractivity contribution in [3.8, 4) is 0 Å². The van der Waals surface area contributed by atoms with Gasteiger partial charge in [0.2, 0.25) is 0 Å². The van der Waals surface area contributed by atoms with E-state index in [1.165, 1.54) is 22.3 Å². The van der Waals surface area contributed by atoms with Crippen molar-refractivity contribution in [3.05, 3.63) is 51.5 Å². The molecule has 2 nitrogen and oxygen atoms in total. The number of methoxy groups -OCH3 is 1. The lowest BCUT2D eigenvalue weighted by Crippen LogP contribution is -2.27. The van der Waals surface area contributed by atoms with E-state index in [0.29, 0.717) is 4.83 Å². The van der Waals surface area contributed by atoms with Crippen molar-refractivity contribution in [3.63, 3.8) is 0 Å². The van der Waals surface area contributed by atoms with Gasteiger partial charge in [-0.05, 0) is 53.7 Å². The molecule has 1 aromatic carbocycles. The fraction of sp³-hybridized carbons (Fsp3) is 0.474. The minimum Gasteiger partial charge on any atom is -0.400 e. The highest BCUT2D eigenvalue weighted by Crippen LogP contribution is 2.55. The van der Waals surface area contributed by atoms with E-state index in [2.05, 4.69) is 69.1 Å². The molecule has 2 aliphatic carbocycles. The zero-order chi connectivity index (χ0) is 17.0. The summed E-state index contributed by atoms with van der Waals surface area (Å²) in [7, 11) is 2.79. The van der Waals surface area contributed by atoms with Crippen molar-refractivity contribution in [2.75, 3.05) is 20.8 Å². The average molecular weight is 444 g/mol. The highest BCUT2D eigenvalue weighted by atomic mass is 79.9. The minimum absolute atomic E-state index is 0.0907. The number of aliphatic hydroxyl groups excluding tert-OH is 1. The molecule has 3 rings (SSSR count). The number of halogens is 2. The van der Waals surface area contributed by atoms with Gasteiger partial charge >= 0.3 is 0 Å². The van der Waals surface area contributed by atoms with Crippen molar-refractivity contribution < 1.29 is 9.84 Å². The molecular formula is C19H24Br2O2. The van der Waals surface area contributed by atoms with E-state index in [9.17, 15) is 0 Å². The zero-order valence-corrected chi connectivity index (χ0v) is 17.1. The Bertz CT molecular complexity index is 622. The first-order valence-corrected chi connectivity index (χ1v) is 9.64. The molecule has 126 valence electrons. The van der Waals surface area contributed by atoms with Crippen LogP contribution in [0.4, 0.5) is 0 Å². The van der Waals surface area contributed by atoms with Crippen LogP contribution in [0.2, 0.25) is 0 Å². The average Bonchev–Trinajstić information content (AvgIpc) is 2.84. The smallest absolute Gasteiger partial charge is 0.0474 e. The van der Waals surface area contributed by atoms with Crippen LogP contribution < -0.4 is 0 Å². The lowest BCUT2D eigenvalue weighted by molar-refractivity contribution is 0.174. The molecule has 0 fully saturated rings. The molecule has 0 bridgehead atoms. The van der Waals surface area contributed by atoms with Crippen molar-refractivity contribution >= 4 is 37.4 Å². The Labute approximate surface area is 155 Å². The predicted molar refractivity (Wildman–Crippen MR) is 104 cm³/mol. The molecule has 0 saturated carbocycles. The predicted octanol–water partition coefficient (Wildman–Crippen LogP) is 5.23. The molecule has 2 unspecified atom stereocenters. The molecule has 2 atom stereocenters. The number of rotatable bonds is 4. The molecule has 0 aliphatic heterocycles. The number of aliphatic hydroxyl groups is 1. The molecule has 0 aromatic heterocycles. The molecule has 1 aromatic rings. The van der Waals surface area contributed by atoms with Gasteiger partial charge in [-0.3, -0.25) is 0 Å². The zero-order valence-electron chi connectivity index (χ0n) is 13.9. The summed E-state index contributed by atoms with van der Waals surface area (Å²) in [6.45, 7) is 3.08.